The van der Waals surface area contributed by atoms with Gasteiger partial charge in [-0.2, -0.15) is 0 Å². The van der Waals surface area contributed by atoms with E-state index in [1.807, 2.05) is 30.3 Å². The van der Waals surface area contributed by atoms with E-state index in [-0.39, 0.29) is 12.0 Å². The lowest BCUT2D eigenvalue weighted by atomic mass is 10.0. The number of nitrogens with one attached hydrogen (secondary N) is 1. The Morgan fingerprint density at radius 1 is 1.29 bits per heavy atom. The minimum atomic E-state index is -0.0966. The van der Waals surface area contributed by atoms with Crippen molar-refractivity contribution in [2.24, 2.45) is 0 Å². The van der Waals surface area contributed by atoms with Crippen molar-refractivity contribution in [2.45, 2.75) is 25.9 Å². The molecule has 0 unspecified atom stereocenters. The van der Waals surface area contributed by atoms with Crippen LogP contribution in [-0.4, -0.2) is 25.2 Å². The van der Waals surface area contributed by atoms with Crippen LogP contribution in [0, 0.1) is 0 Å². The molecule has 1 fully saturated rings. The highest BCUT2D eigenvalue weighted by Gasteiger charge is 2.17. The summed E-state index contributed by atoms with van der Waals surface area (Å²) in [6.07, 6.45) is 1.78. The Morgan fingerprint density at radius 3 is 2.75 bits per heavy atom. The summed E-state index contributed by atoms with van der Waals surface area (Å²) in [6, 6.07) is 13.5. The second-order valence-electron chi connectivity index (χ2n) is 5.91. The molecular weight excluding hydrogens is 326 g/mol. The summed E-state index contributed by atoms with van der Waals surface area (Å²) < 4.78 is 11.2. The van der Waals surface area contributed by atoms with Crippen LogP contribution in [-0.2, 0) is 16.0 Å². The number of carbonyl (C=O) groups is 1. The summed E-state index contributed by atoms with van der Waals surface area (Å²) >= 11 is 6.28. The smallest absolute Gasteiger partial charge is 0.221 e. The monoisotopic (exact) mass is 345 g/mol. The predicted octanol–water partition coefficient (Wildman–Crippen LogP) is 4.06. The van der Waals surface area contributed by atoms with Gasteiger partial charge in [0, 0.05) is 24.1 Å². The van der Waals surface area contributed by atoms with Crippen LogP contribution in [0.15, 0.2) is 42.5 Å². The zero-order valence-electron chi connectivity index (χ0n) is 13.5. The van der Waals surface area contributed by atoms with Crippen LogP contribution in [0.25, 0.3) is 0 Å². The van der Waals surface area contributed by atoms with Gasteiger partial charge in [-0.15, -0.1) is 0 Å². The molecule has 1 aliphatic rings. The maximum absolute atomic E-state index is 11.2. The highest BCUT2D eigenvalue weighted by atomic mass is 35.5. The summed E-state index contributed by atoms with van der Waals surface area (Å²) in [5, 5.41) is 3.47. The Balaban J connectivity index is 1.67. The third kappa shape index (κ3) is 4.49. The van der Waals surface area contributed by atoms with Gasteiger partial charge in [0.2, 0.25) is 5.91 Å². The van der Waals surface area contributed by atoms with Crippen LogP contribution in [0.3, 0.4) is 0 Å². The number of rotatable bonds is 5. The molecule has 24 heavy (non-hydrogen) atoms. The van der Waals surface area contributed by atoms with E-state index < -0.39 is 0 Å². The molecule has 0 aromatic heterocycles. The van der Waals surface area contributed by atoms with E-state index in [0.717, 1.165) is 35.6 Å². The number of benzene rings is 2. The number of halogens is 1. The van der Waals surface area contributed by atoms with Crippen LogP contribution in [0.4, 0.5) is 5.69 Å². The van der Waals surface area contributed by atoms with E-state index in [0.29, 0.717) is 18.1 Å². The molecule has 3 rings (SSSR count). The van der Waals surface area contributed by atoms with Crippen LogP contribution in [0.1, 0.15) is 24.5 Å². The number of hydrogen-bond donors (Lipinski definition) is 1. The molecule has 0 spiro atoms. The molecule has 4 nitrogen and oxygen atoms in total. The molecule has 2 aromatic rings. The fourth-order valence-corrected chi connectivity index (χ4v) is 2.88. The first-order chi connectivity index (χ1) is 11.6. The molecule has 1 N–H and O–H groups in total. The van der Waals surface area contributed by atoms with E-state index in [2.05, 4.69) is 5.32 Å². The SMILES string of the molecule is CC(=O)Nc1ccc(Cl)c(Cc2ccc(O[C@@H]3CCOC3)cc2)c1. The van der Waals surface area contributed by atoms with Gasteiger partial charge >= 0.3 is 0 Å². The van der Waals surface area contributed by atoms with Gasteiger partial charge in [0.15, 0.2) is 0 Å². The number of anilines is 1. The number of ether oxygens (including phenoxy) is 2. The Labute approximate surface area is 146 Å². The van der Waals surface area contributed by atoms with Gasteiger partial charge in [0.05, 0.1) is 13.2 Å². The van der Waals surface area contributed by atoms with Crippen molar-refractivity contribution in [1.82, 2.24) is 0 Å². The minimum absolute atomic E-state index is 0.0966. The van der Waals surface area contributed by atoms with Crippen molar-refractivity contribution in [3.8, 4) is 5.75 Å². The second-order valence-corrected chi connectivity index (χ2v) is 6.32. The molecule has 5 heteroatoms. The van der Waals surface area contributed by atoms with Crippen molar-refractivity contribution in [2.75, 3.05) is 18.5 Å². The standard InChI is InChI=1S/C19H20ClNO3/c1-13(22)21-16-4-7-19(20)15(11-16)10-14-2-5-17(6-3-14)24-18-8-9-23-12-18/h2-7,11,18H,8-10,12H2,1H3,(H,21,22)/t18-/m1/s1. The average Bonchev–Trinajstić information content (AvgIpc) is 3.05. The lowest BCUT2D eigenvalue weighted by molar-refractivity contribution is -0.114. The van der Waals surface area contributed by atoms with Gasteiger partial charge in [0.25, 0.3) is 0 Å². The molecule has 1 atom stereocenters. The highest BCUT2D eigenvalue weighted by Crippen LogP contribution is 2.25. The fourth-order valence-electron chi connectivity index (χ4n) is 2.70. The van der Waals surface area contributed by atoms with Gasteiger partial charge in [-0.1, -0.05) is 23.7 Å². The molecule has 0 radical (unpaired) electrons. The fraction of sp³-hybridized carbons (Fsp3) is 0.316. The Morgan fingerprint density at radius 2 is 2.08 bits per heavy atom. The molecule has 1 heterocycles. The van der Waals surface area contributed by atoms with Crippen LogP contribution < -0.4 is 10.1 Å². The largest absolute Gasteiger partial charge is 0.488 e. The van der Waals surface area contributed by atoms with E-state index in [9.17, 15) is 4.79 Å². The van der Waals surface area contributed by atoms with Crippen molar-refractivity contribution >= 4 is 23.2 Å². The second kappa shape index (κ2) is 7.69. The quantitative estimate of drug-likeness (QED) is 0.889. The summed E-state index contributed by atoms with van der Waals surface area (Å²) in [6.45, 7) is 2.92. The third-order valence-electron chi connectivity index (χ3n) is 3.87. The Kier molecular flexibility index (Phi) is 5.38. The van der Waals surface area contributed by atoms with Gasteiger partial charge < -0.3 is 14.8 Å². The molecule has 2 aromatic carbocycles. The van der Waals surface area contributed by atoms with Crippen molar-refractivity contribution in [3.05, 3.63) is 58.6 Å². The topological polar surface area (TPSA) is 47.6 Å². The normalized spacial score (nSPS) is 16.8. The van der Waals surface area contributed by atoms with E-state index >= 15 is 0 Å². The van der Waals surface area contributed by atoms with Crippen LogP contribution in [0.5, 0.6) is 5.75 Å². The third-order valence-corrected chi connectivity index (χ3v) is 4.24. The van der Waals surface area contributed by atoms with Crippen molar-refractivity contribution in [3.63, 3.8) is 0 Å². The molecule has 0 saturated carbocycles. The van der Waals surface area contributed by atoms with Gasteiger partial charge in [0.1, 0.15) is 11.9 Å². The predicted molar refractivity (Wildman–Crippen MR) is 94.9 cm³/mol. The Hall–Kier alpha value is -2.04. The van der Waals surface area contributed by atoms with Gasteiger partial charge in [-0.25, -0.2) is 0 Å². The van der Waals surface area contributed by atoms with Crippen LogP contribution >= 0.6 is 11.6 Å². The van der Waals surface area contributed by atoms with Gasteiger partial charge in [-0.3, -0.25) is 4.79 Å². The van der Waals surface area contributed by atoms with E-state index in [1.54, 1.807) is 12.1 Å². The molecule has 0 aliphatic carbocycles. The molecule has 126 valence electrons. The molecule has 1 amide bonds. The first-order valence-electron chi connectivity index (χ1n) is 7.99. The van der Waals surface area contributed by atoms with E-state index in [1.165, 1.54) is 6.92 Å². The maximum Gasteiger partial charge on any atom is 0.221 e. The summed E-state index contributed by atoms with van der Waals surface area (Å²) in [7, 11) is 0. The number of carbonyl (C=O) groups excluding carboxylic acids is 1. The molecule has 0 bridgehead atoms. The van der Waals surface area contributed by atoms with Crippen LogP contribution in [0.2, 0.25) is 5.02 Å². The first-order valence-corrected chi connectivity index (χ1v) is 8.37. The average molecular weight is 346 g/mol. The lowest BCUT2D eigenvalue weighted by Gasteiger charge is -2.12. The molecular formula is C19H20ClNO3. The molecule has 1 aliphatic heterocycles. The highest BCUT2D eigenvalue weighted by molar-refractivity contribution is 6.31. The van der Waals surface area contributed by atoms with E-state index in [4.69, 9.17) is 21.1 Å². The number of hydrogen-bond acceptors (Lipinski definition) is 3. The molecule has 1 saturated heterocycles. The zero-order valence-corrected chi connectivity index (χ0v) is 14.3. The first kappa shape index (κ1) is 16.8. The van der Waals surface area contributed by atoms with Gasteiger partial charge in [-0.05, 0) is 47.9 Å². The maximum atomic E-state index is 11.2. The van der Waals surface area contributed by atoms with Crippen molar-refractivity contribution in [1.29, 1.82) is 0 Å². The number of amides is 1. The summed E-state index contributed by atoms with van der Waals surface area (Å²) in [5.41, 5.74) is 2.86. The minimum Gasteiger partial charge on any atom is -0.488 e. The zero-order chi connectivity index (χ0) is 16.9. The Bertz CT molecular complexity index is 709. The summed E-state index contributed by atoms with van der Waals surface area (Å²) in [5.74, 6) is 0.757. The van der Waals surface area contributed by atoms with Crippen molar-refractivity contribution < 1.29 is 14.3 Å². The lowest BCUT2D eigenvalue weighted by Crippen LogP contribution is -2.15. The summed E-state index contributed by atoms with van der Waals surface area (Å²) in [4.78, 5) is 11.2.